The van der Waals surface area contributed by atoms with Gasteiger partial charge in [-0.2, -0.15) is 0 Å². The highest BCUT2D eigenvalue weighted by Gasteiger charge is 2.45. The average molecular weight is 755 g/mol. The quantitative estimate of drug-likeness (QED) is 0.158. The third-order valence-electron chi connectivity index (χ3n) is 10.0. The molecule has 3 aliphatic heterocycles. The Balaban J connectivity index is 0.990. The molecule has 0 radical (unpaired) electrons. The van der Waals surface area contributed by atoms with Crippen LogP contribution >= 0.6 is 11.3 Å². The molecule has 54 heavy (non-hydrogen) atoms. The molecule has 2 aromatic carbocycles. The number of hydrogen-bond acceptors (Lipinski definition) is 9. The average Bonchev–Trinajstić information content (AvgIpc) is 3.50. The monoisotopic (exact) mass is 754 g/mol. The molecule has 5 aromatic rings. The fourth-order valence-electron chi connectivity index (χ4n) is 7.22. The lowest BCUT2D eigenvalue weighted by atomic mass is 9.73. The summed E-state index contributed by atoms with van der Waals surface area (Å²) in [5, 5.41) is 15.2. The van der Waals surface area contributed by atoms with E-state index in [0.29, 0.717) is 39.6 Å². The minimum Gasteiger partial charge on any atom is -0.506 e. The van der Waals surface area contributed by atoms with Crippen LogP contribution in [0, 0.1) is 29.8 Å². The first-order valence-electron chi connectivity index (χ1n) is 17.3. The van der Waals surface area contributed by atoms with Gasteiger partial charge in [0.1, 0.15) is 34.6 Å². The molecule has 0 atom stereocenters. The van der Waals surface area contributed by atoms with Crippen LogP contribution in [0.25, 0.3) is 10.6 Å². The van der Waals surface area contributed by atoms with Crippen LogP contribution in [0.15, 0.2) is 67.0 Å². The zero-order valence-electron chi connectivity index (χ0n) is 28.9. The number of halogens is 3. The minimum atomic E-state index is -1.14. The van der Waals surface area contributed by atoms with Gasteiger partial charge in [-0.3, -0.25) is 19.4 Å². The summed E-state index contributed by atoms with van der Waals surface area (Å²) in [6, 6.07) is 12.2. The molecule has 0 saturated carbocycles. The van der Waals surface area contributed by atoms with Gasteiger partial charge in [-0.1, -0.05) is 0 Å². The van der Waals surface area contributed by atoms with Gasteiger partial charge in [-0.05, 0) is 73.7 Å². The lowest BCUT2D eigenvalue weighted by molar-refractivity contribution is -0.000511. The molecule has 8 rings (SSSR count). The Labute approximate surface area is 311 Å². The molecular weight excluding hydrogens is 722 g/mol. The Morgan fingerprint density at radius 3 is 2.41 bits per heavy atom. The van der Waals surface area contributed by atoms with E-state index in [0.717, 1.165) is 62.2 Å². The van der Waals surface area contributed by atoms with Crippen molar-refractivity contribution in [1.29, 1.82) is 0 Å². The highest BCUT2D eigenvalue weighted by molar-refractivity contribution is 7.17. The molecule has 15 heteroatoms. The Morgan fingerprint density at radius 1 is 0.907 bits per heavy atom. The largest absolute Gasteiger partial charge is 0.506 e. The Kier molecular flexibility index (Phi) is 9.06. The smallest absolute Gasteiger partial charge is 0.265 e. The number of benzene rings is 2. The number of aryl methyl sites for hydroxylation is 1. The van der Waals surface area contributed by atoms with Crippen molar-refractivity contribution in [3.05, 3.63) is 112 Å². The molecule has 3 aromatic heterocycles. The van der Waals surface area contributed by atoms with E-state index in [-0.39, 0.29) is 46.1 Å². The summed E-state index contributed by atoms with van der Waals surface area (Å²) in [5.41, 5.74) is 2.81. The second-order valence-corrected chi connectivity index (χ2v) is 14.9. The number of carbonyl (C=O) groups excluding carboxylic acids is 3. The lowest BCUT2D eigenvalue weighted by Crippen LogP contribution is -2.59. The van der Waals surface area contributed by atoms with Crippen molar-refractivity contribution in [2.75, 3.05) is 53.3 Å². The number of phenols is 1. The van der Waals surface area contributed by atoms with Gasteiger partial charge in [0.05, 0.1) is 27.2 Å². The maximum absolute atomic E-state index is 14.7. The zero-order valence-corrected chi connectivity index (χ0v) is 29.7. The number of anilines is 4. The molecule has 0 unspecified atom stereocenters. The van der Waals surface area contributed by atoms with Crippen LogP contribution in [0.3, 0.4) is 0 Å². The summed E-state index contributed by atoms with van der Waals surface area (Å²) in [6.45, 7) is 5.11. The van der Waals surface area contributed by atoms with E-state index < -0.39 is 40.7 Å². The molecule has 3 aliphatic rings. The number of nitrogens with one attached hydrogen (secondary N) is 2. The fourth-order valence-corrected chi connectivity index (χ4v) is 8.33. The summed E-state index contributed by atoms with van der Waals surface area (Å²) in [5.74, 6) is -4.46. The predicted molar refractivity (Wildman–Crippen MR) is 197 cm³/mol. The molecule has 3 amide bonds. The van der Waals surface area contributed by atoms with Gasteiger partial charge in [0.25, 0.3) is 17.7 Å². The SMILES string of the molecule is Cc1cnc(N2CC3(CCOCC3)C2)c(C(=O)Nc2ccc(C(=O)N3CCc4cc(C(=O)Nc5c(O)cc(F)cc5F)sc4-c4ncc(F)cc43)cc2)c1. The lowest BCUT2D eigenvalue weighted by Gasteiger charge is -2.53. The Hall–Kier alpha value is -5.80. The van der Waals surface area contributed by atoms with Crippen LogP contribution < -0.4 is 20.4 Å². The second kappa shape index (κ2) is 13.9. The van der Waals surface area contributed by atoms with Crippen LogP contribution in [0.4, 0.5) is 36.1 Å². The number of rotatable bonds is 6. The number of amides is 3. The van der Waals surface area contributed by atoms with Crippen LogP contribution in [0.1, 0.15) is 54.4 Å². The van der Waals surface area contributed by atoms with E-state index in [1.165, 1.54) is 11.0 Å². The third-order valence-corrected chi connectivity index (χ3v) is 11.2. The molecule has 2 fully saturated rings. The Bertz CT molecular complexity index is 2300. The summed E-state index contributed by atoms with van der Waals surface area (Å²) in [4.78, 5) is 53.7. The van der Waals surface area contributed by atoms with Gasteiger partial charge < -0.3 is 30.3 Å². The fraction of sp³-hybridized carbons (Fsp3) is 0.256. The normalized spacial score (nSPS) is 15.9. The van der Waals surface area contributed by atoms with E-state index in [4.69, 9.17) is 4.74 Å². The summed E-state index contributed by atoms with van der Waals surface area (Å²) in [6.07, 6.45) is 5.01. The minimum absolute atomic E-state index is 0.113. The predicted octanol–water partition coefficient (Wildman–Crippen LogP) is 6.96. The number of aromatic nitrogens is 2. The van der Waals surface area contributed by atoms with E-state index in [1.807, 2.05) is 13.0 Å². The van der Waals surface area contributed by atoms with Gasteiger partial charge in [-0.25, -0.2) is 18.2 Å². The molecular formula is C39H33F3N6O5S. The second-order valence-electron chi connectivity index (χ2n) is 13.8. The number of fused-ring (bicyclic) bond motifs is 3. The standard InChI is InChI=1S/C39H33F3N6O5S/c1-21-12-27(35(44-17-21)47-19-39(20-47)7-10-53-11-8-39)36(50)45-26-4-2-22(3-5-26)38(52)48-9-6-23-13-31(54-34(23)33-29(48)15-25(41)18-43-33)37(51)46-32-28(42)14-24(40)16-30(32)49/h2-5,12-18,49H,6-11,19-20H2,1H3,(H,45,50)(H,46,51). The molecule has 2 saturated heterocycles. The van der Waals surface area contributed by atoms with Crippen molar-refractivity contribution in [2.24, 2.45) is 5.41 Å². The summed E-state index contributed by atoms with van der Waals surface area (Å²) in [7, 11) is 0. The van der Waals surface area contributed by atoms with Crippen molar-refractivity contribution in [2.45, 2.75) is 26.2 Å². The zero-order chi connectivity index (χ0) is 37.7. The van der Waals surface area contributed by atoms with E-state index in [9.17, 15) is 32.7 Å². The Morgan fingerprint density at radius 2 is 1.67 bits per heavy atom. The highest BCUT2D eigenvalue weighted by atomic mass is 32.1. The van der Waals surface area contributed by atoms with Crippen molar-refractivity contribution >= 4 is 51.9 Å². The number of phenolic OH excluding ortho intramolecular Hbond substituents is 1. The number of aromatic hydroxyl groups is 1. The number of pyridine rings is 2. The number of hydrogen-bond donors (Lipinski definition) is 3. The number of nitrogens with zero attached hydrogens (tertiary/aromatic N) is 4. The molecule has 11 nitrogen and oxygen atoms in total. The van der Waals surface area contributed by atoms with Crippen molar-refractivity contribution in [3.8, 4) is 16.3 Å². The van der Waals surface area contributed by atoms with Crippen molar-refractivity contribution < 1.29 is 37.4 Å². The molecule has 0 bridgehead atoms. The molecule has 276 valence electrons. The summed E-state index contributed by atoms with van der Waals surface area (Å²) >= 11 is 1.00. The first-order valence-corrected chi connectivity index (χ1v) is 18.1. The summed E-state index contributed by atoms with van der Waals surface area (Å²) < 4.78 is 48.0. The van der Waals surface area contributed by atoms with Gasteiger partial charge >= 0.3 is 0 Å². The van der Waals surface area contributed by atoms with Crippen LogP contribution in [-0.4, -0.2) is 65.6 Å². The maximum atomic E-state index is 14.7. The first kappa shape index (κ1) is 35.2. The van der Waals surface area contributed by atoms with Crippen LogP contribution in [0.2, 0.25) is 0 Å². The molecule has 6 heterocycles. The molecule has 3 N–H and O–H groups in total. The van der Waals surface area contributed by atoms with E-state index in [2.05, 4.69) is 25.5 Å². The maximum Gasteiger partial charge on any atom is 0.265 e. The molecule has 0 aliphatic carbocycles. The van der Waals surface area contributed by atoms with Crippen LogP contribution in [0.5, 0.6) is 5.75 Å². The van der Waals surface area contributed by atoms with E-state index in [1.54, 1.807) is 36.5 Å². The topological polar surface area (TPSA) is 137 Å². The first-order chi connectivity index (χ1) is 26.0. The number of ether oxygens (including phenoxy) is 1. The van der Waals surface area contributed by atoms with Gasteiger partial charge in [0.15, 0.2) is 5.82 Å². The van der Waals surface area contributed by atoms with Crippen molar-refractivity contribution in [3.63, 3.8) is 0 Å². The van der Waals surface area contributed by atoms with Crippen LogP contribution in [-0.2, 0) is 11.2 Å². The number of carbonyl (C=O) groups is 3. The van der Waals surface area contributed by atoms with Gasteiger partial charge in [0, 0.05) is 73.9 Å². The highest BCUT2D eigenvalue weighted by Crippen LogP contribution is 2.43. The van der Waals surface area contributed by atoms with Crippen molar-refractivity contribution in [1.82, 2.24) is 9.97 Å². The van der Waals surface area contributed by atoms with Gasteiger partial charge in [0.2, 0.25) is 0 Å². The van der Waals surface area contributed by atoms with Gasteiger partial charge in [-0.15, -0.1) is 11.3 Å². The van der Waals surface area contributed by atoms with E-state index >= 15 is 0 Å². The third kappa shape index (κ3) is 6.64. The molecule has 1 spiro atoms. The number of thiophene rings is 1.